The molecule has 0 spiro atoms. The molecule has 5 nitrogen and oxygen atoms in total. The average Bonchev–Trinajstić information content (AvgIpc) is 3.03. The van der Waals surface area contributed by atoms with Crippen molar-refractivity contribution < 1.29 is 18.8 Å². The molecule has 1 aromatic carbocycles. The van der Waals surface area contributed by atoms with Crippen LogP contribution < -0.4 is 4.90 Å². The highest BCUT2D eigenvalue weighted by Gasteiger charge is 2.41. The highest BCUT2D eigenvalue weighted by molar-refractivity contribution is 7.80. The molecular weight excluding hydrogens is 439 g/mol. The lowest BCUT2D eigenvalue weighted by Crippen LogP contribution is -2.35. The normalized spacial score (nSPS) is 19.2. The Morgan fingerprint density at radius 1 is 0.968 bits per heavy atom. The number of anilines is 1. The van der Waals surface area contributed by atoms with Gasteiger partial charge in [0.15, 0.2) is 0 Å². The number of nitrogens with zero attached hydrogens (tertiary/aromatic N) is 2. The van der Waals surface area contributed by atoms with Crippen molar-refractivity contribution in [3.63, 3.8) is 0 Å². The molecule has 0 N–H and O–H groups in total. The van der Waals surface area contributed by atoms with Crippen LogP contribution in [0.3, 0.4) is 0 Å². The second-order valence-corrected chi connectivity index (χ2v) is 9.16. The minimum absolute atomic E-state index is 0.0438. The van der Waals surface area contributed by atoms with E-state index in [0.717, 1.165) is 56.2 Å². The topological polar surface area (TPSA) is 57.7 Å². The van der Waals surface area contributed by atoms with Gasteiger partial charge >= 0.3 is 0 Å². The van der Waals surface area contributed by atoms with Gasteiger partial charge in [-0.3, -0.25) is 14.4 Å². The maximum absolute atomic E-state index is 14.8. The first-order valence-corrected chi connectivity index (χ1v) is 11.6. The molecule has 0 aromatic heterocycles. The zero-order valence-corrected chi connectivity index (χ0v) is 18.8. The number of amides is 3. The van der Waals surface area contributed by atoms with Gasteiger partial charge in [-0.15, -0.1) is 0 Å². The zero-order valence-electron chi connectivity index (χ0n) is 17.2. The van der Waals surface area contributed by atoms with E-state index in [1.807, 2.05) is 4.90 Å². The fraction of sp³-hybridized carbons (Fsp3) is 0.478. The summed E-state index contributed by atoms with van der Waals surface area (Å²) in [5.41, 5.74) is 1.22. The van der Waals surface area contributed by atoms with Crippen LogP contribution in [-0.2, 0) is 14.4 Å². The molecule has 2 heterocycles. The Kier molecular flexibility index (Phi) is 6.53. The number of halogens is 2. The second-order valence-electron chi connectivity index (χ2n) is 8.26. The van der Waals surface area contributed by atoms with E-state index < -0.39 is 17.6 Å². The van der Waals surface area contributed by atoms with E-state index in [-0.39, 0.29) is 23.0 Å². The van der Waals surface area contributed by atoms with Crippen LogP contribution in [-0.4, -0.2) is 40.6 Å². The molecule has 164 valence electrons. The van der Waals surface area contributed by atoms with Gasteiger partial charge in [0.25, 0.3) is 11.8 Å². The van der Waals surface area contributed by atoms with Crippen molar-refractivity contribution in [2.45, 2.75) is 57.8 Å². The van der Waals surface area contributed by atoms with Crippen molar-refractivity contribution in [3.05, 3.63) is 39.7 Å². The monoisotopic (exact) mass is 462 g/mol. The smallest absolute Gasteiger partial charge is 0.261 e. The molecule has 1 fully saturated rings. The fourth-order valence-corrected chi connectivity index (χ4v) is 5.13. The van der Waals surface area contributed by atoms with E-state index in [1.165, 1.54) is 6.07 Å². The molecule has 0 unspecified atom stereocenters. The molecule has 0 atom stereocenters. The van der Waals surface area contributed by atoms with Crippen molar-refractivity contribution in [1.82, 2.24) is 4.90 Å². The molecule has 1 aromatic rings. The zero-order chi connectivity index (χ0) is 22.1. The van der Waals surface area contributed by atoms with Crippen LogP contribution >= 0.6 is 23.8 Å². The van der Waals surface area contributed by atoms with E-state index in [1.54, 1.807) is 0 Å². The van der Waals surface area contributed by atoms with Gasteiger partial charge in [-0.25, -0.2) is 9.29 Å². The molecule has 2 aliphatic heterocycles. The molecular formula is C23H24ClFN2O3S. The number of rotatable bonds is 5. The first kappa shape index (κ1) is 22.1. The van der Waals surface area contributed by atoms with Crippen LogP contribution in [0.4, 0.5) is 10.1 Å². The number of hydrogen-bond donors (Lipinski definition) is 0. The Morgan fingerprint density at radius 3 is 2.19 bits per heavy atom. The van der Waals surface area contributed by atoms with E-state index >= 15 is 0 Å². The minimum Gasteiger partial charge on any atom is -0.343 e. The van der Waals surface area contributed by atoms with E-state index in [4.69, 9.17) is 23.8 Å². The number of piperidine rings is 1. The standard InChI is InChI=1S/C23H24ClFN2O3S/c24-17-13-18(25)19(27-22(29)14-6-2-3-7-15(14)23(27)30)12-16(17)20(31)8-9-21(28)26-10-4-1-5-11-26/h12-13H,1-11H2. The third-order valence-electron chi connectivity index (χ3n) is 6.24. The minimum atomic E-state index is -0.748. The fourth-order valence-electron chi connectivity index (χ4n) is 4.54. The summed E-state index contributed by atoms with van der Waals surface area (Å²) in [4.78, 5) is 41.3. The van der Waals surface area contributed by atoms with Crippen molar-refractivity contribution in [3.8, 4) is 0 Å². The summed E-state index contributed by atoms with van der Waals surface area (Å²) in [6, 6.07) is 2.46. The van der Waals surface area contributed by atoms with Gasteiger partial charge in [0.1, 0.15) is 5.82 Å². The van der Waals surface area contributed by atoms with Gasteiger partial charge in [0, 0.05) is 41.1 Å². The SMILES string of the molecule is O=C(CCC(=S)c1cc(N2C(=O)C3=C(CCCC3)C2=O)c(F)cc1Cl)N1CCCCC1. The number of benzene rings is 1. The third-order valence-corrected chi connectivity index (χ3v) is 6.98. The van der Waals surface area contributed by atoms with Crippen LogP contribution in [0.5, 0.6) is 0 Å². The lowest BCUT2D eigenvalue weighted by molar-refractivity contribution is -0.132. The molecule has 8 heteroatoms. The first-order chi connectivity index (χ1) is 14.9. The Morgan fingerprint density at radius 2 is 1.58 bits per heavy atom. The first-order valence-electron chi connectivity index (χ1n) is 10.8. The Balaban J connectivity index is 1.53. The van der Waals surface area contributed by atoms with Crippen molar-refractivity contribution in [2.75, 3.05) is 18.0 Å². The molecule has 4 rings (SSSR count). The highest BCUT2D eigenvalue weighted by atomic mass is 35.5. The number of likely N-dealkylation sites (tertiary alicyclic amines) is 1. The van der Waals surface area contributed by atoms with Crippen LogP contribution in [0.2, 0.25) is 5.02 Å². The van der Waals surface area contributed by atoms with Gasteiger partial charge in [0.05, 0.1) is 10.7 Å². The highest BCUT2D eigenvalue weighted by Crippen LogP contribution is 2.38. The number of imide groups is 1. The molecule has 3 amide bonds. The molecule has 0 saturated carbocycles. The molecule has 1 saturated heterocycles. The summed E-state index contributed by atoms with van der Waals surface area (Å²) in [5.74, 6) is -1.62. The number of thiocarbonyl (C=S) groups is 1. The molecule has 0 bridgehead atoms. The van der Waals surface area contributed by atoms with Crippen LogP contribution in [0.1, 0.15) is 63.4 Å². The summed E-state index contributed by atoms with van der Waals surface area (Å²) in [5, 5.41) is 0.105. The largest absolute Gasteiger partial charge is 0.343 e. The molecule has 31 heavy (non-hydrogen) atoms. The van der Waals surface area contributed by atoms with Gasteiger partial charge in [-0.2, -0.15) is 0 Å². The van der Waals surface area contributed by atoms with E-state index in [9.17, 15) is 18.8 Å². The van der Waals surface area contributed by atoms with Crippen molar-refractivity contribution in [2.24, 2.45) is 0 Å². The predicted molar refractivity (Wildman–Crippen MR) is 121 cm³/mol. The lowest BCUT2D eigenvalue weighted by Gasteiger charge is -2.26. The van der Waals surface area contributed by atoms with E-state index in [2.05, 4.69) is 0 Å². The predicted octanol–water partition coefficient (Wildman–Crippen LogP) is 4.73. The van der Waals surface area contributed by atoms with Crippen molar-refractivity contribution in [1.29, 1.82) is 0 Å². The third kappa shape index (κ3) is 4.30. The number of carbonyl (C=O) groups is 3. The molecule has 3 aliphatic rings. The van der Waals surface area contributed by atoms with Gasteiger partial charge in [-0.05, 0) is 63.5 Å². The Bertz CT molecular complexity index is 973. The summed E-state index contributed by atoms with van der Waals surface area (Å²) in [6.45, 7) is 1.54. The van der Waals surface area contributed by atoms with Crippen molar-refractivity contribution >= 4 is 52.1 Å². The van der Waals surface area contributed by atoms with E-state index in [0.29, 0.717) is 40.8 Å². The number of hydrogen-bond acceptors (Lipinski definition) is 4. The maximum Gasteiger partial charge on any atom is 0.261 e. The Labute approximate surface area is 191 Å². The summed E-state index contributed by atoms with van der Waals surface area (Å²) < 4.78 is 14.8. The number of carbonyl (C=O) groups excluding carboxylic acids is 3. The van der Waals surface area contributed by atoms with Gasteiger partial charge in [0.2, 0.25) is 5.91 Å². The van der Waals surface area contributed by atoms with Gasteiger partial charge in [-0.1, -0.05) is 23.8 Å². The molecule has 1 aliphatic carbocycles. The van der Waals surface area contributed by atoms with Gasteiger partial charge < -0.3 is 4.90 Å². The quantitative estimate of drug-likeness (QED) is 0.360. The van der Waals surface area contributed by atoms with Crippen LogP contribution in [0.25, 0.3) is 0 Å². The lowest BCUT2D eigenvalue weighted by atomic mass is 9.93. The molecule has 0 radical (unpaired) electrons. The maximum atomic E-state index is 14.8. The van der Waals surface area contributed by atoms with Crippen LogP contribution in [0.15, 0.2) is 23.3 Å². The Hall–Kier alpha value is -2.12. The summed E-state index contributed by atoms with van der Waals surface area (Å²) >= 11 is 11.7. The van der Waals surface area contributed by atoms with Crippen LogP contribution in [0, 0.1) is 5.82 Å². The second kappa shape index (κ2) is 9.17. The summed E-state index contributed by atoms with van der Waals surface area (Å²) in [6.07, 6.45) is 6.47. The average molecular weight is 463 g/mol. The summed E-state index contributed by atoms with van der Waals surface area (Å²) in [7, 11) is 0.